The van der Waals surface area contributed by atoms with E-state index in [4.69, 9.17) is 14.2 Å². The summed E-state index contributed by atoms with van der Waals surface area (Å²) >= 11 is 0. The van der Waals surface area contributed by atoms with E-state index < -0.39 is 12.1 Å². The van der Waals surface area contributed by atoms with Gasteiger partial charge in [0.25, 0.3) is 0 Å². The standard InChI is InChI=1S/C34H50N2O6/c1-3-4-5-10-23-41-29-19-15-28(16-20-29)34(39)31(26-36-21-8-9-22-36)35-33(38)12-7-6-11-32(37)27-13-17-30(18-14-27)42-25-24-40-2/h13-20,31,34,39H,3-12,21-26H2,1-2H3,(H,35,38)/t31-,34-/m1/s1. The first-order chi connectivity index (χ1) is 20.5. The van der Waals surface area contributed by atoms with Crippen LogP contribution in [-0.2, 0) is 9.53 Å². The lowest BCUT2D eigenvalue weighted by molar-refractivity contribution is -0.123. The smallest absolute Gasteiger partial charge is 0.220 e. The molecular formula is C34H50N2O6. The number of hydrogen-bond donors (Lipinski definition) is 2. The van der Waals surface area contributed by atoms with Gasteiger partial charge in [-0.05, 0) is 87.2 Å². The van der Waals surface area contributed by atoms with Crippen LogP contribution in [0, 0.1) is 0 Å². The Labute approximate surface area is 251 Å². The van der Waals surface area contributed by atoms with Crippen LogP contribution in [0.1, 0.15) is 93.2 Å². The number of benzene rings is 2. The number of Topliss-reactive ketones (excluding diaryl/α,β-unsaturated/α-hetero) is 1. The highest BCUT2D eigenvalue weighted by Crippen LogP contribution is 2.23. The van der Waals surface area contributed by atoms with E-state index in [0.717, 1.165) is 43.7 Å². The average Bonchev–Trinajstić information content (AvgIpc) is 3.52. The molecule has 0 bridgehead atoms. The molecule has 232 valence electrons. The SMILES string of the molecule is CCCCCCOc1ccc([C@@H](O)[C@@H](CN2CCCC2)NC(=O)CCCCC(=O)c2ccc(OCCOC)cc2)cc1. The Kier molecular flexibility index (Phi) is 15.4. The zero-order valence-electron chi connectivity index (χ0n) is 25.5. The van der Waals surface area contributed by atoms with Crippen LogP contribution in [0.3, 0.4) is 0 Å². The van der Waals surface area contributed by atoms with Gasteiger partial charge in [-0.2, -0.15) is 0 Å². The number of carbonyl (C=O) groups excluding carboxylic acids is 2. The van der Waals surface area contributed by atoms with E-state index >= 15 is 0 Å². The van der Waals surface area contributed by atoms with Crippen molar-refractivity contribution in [2.24, 2.45) is 0 Å². The van der Waals surface area contributed by atoms with Crippen LogP contribution in [-0.4, -0.2) is 74.3 Å². The monoisotopic (exact) mass is 582 g/mol. The summed E-state index contributed by atoms with van der Waals surface area (Å²) < 4.78 is 16.4. The van der Waals surface area contributed by atoms with E-state index in [-0.39, 0.29) is 11.7 Å². The summed E-state index contributed by atoms with van der Waals surface area (Å²) in [5, 5.41) is 14.3. The molecule has 0 aliphatic carbocycles. The fourth-order valence-electron chi connectivity index (χ4n) is 5.15. The van der Waals surface area contributed by atoms with E-state index in [9.17, 15) is 14.7 Å². The molecule has 0 spiro atoms. The van der Waals surface area contributed by atoms with Gasteiger partial charge < -0.3 is 29.5 Å². The number of nitrogens with zero attached hydrogens (tertiary/aromatic N) is 1. The molecule has 1 saturated heterocycles. The predicted molar refractivity (Wildman–Crippen MR) is 165 cm³/mol. The van der Waals surface area contributed by atoms with E-state index in [2.05, 4.69) is 17.1 Å². The summed E-state index contributed by atoms with van der Waals surface area (Å²) in [6.45, 7) is 6.41. The zero-order valence-corrected chi connectivity index (χ0v) is 25.5. The van der Waals surface area contributed by atoms with Gasteiger partial charge in [-0.25, -0.2) is 0 Å². The van der Waals surface area contributed by atoms with Crippen molar-refractivity contribution in [1.82, 2.24) is 10.2 Å². The van der Waals surface area contributed by atoms with E-state index in [1.165, 1.54) is 19.3 Å². The highest BCUT2D eigenvalue weighted by atomic mass is 16.5. The molecule has 1 aliphatic rings. The third-order valence-corrected chi connectivity index (χ3v) is 7.66. The Morgan fingerprint density at radius 1 is 0.833 bits per heavy atom. The Morgan fingerprint density at radius 3 is 2.14 bits per heavy atom. The van der Waals surface area contributed by atoms with Crippen molar-refractivity contribution in [1.29, 1.82) is 0 Å². The molecule has 3 rings (SSSR count). The van der Waals surface area contributed by atoms with Gasteiger partial charge >= 0.3 is 0 Å². The minimum Gasteiger partial charge on any atom is -0.494 e. The maximum atomic E-state index is 12.9. The van der Waals surface area contributed by atoms with Crippen molar-refractivity contribution >= 4 is 11.7 Å². The Bertz CT molecular complexity index is 1040. The van der Waals surface area contributed by atoms with Crippen molar-refractivity contribution in [2.75, 3.05) is 46.6 Å². The number of ether oxygens (including phenoxy) is 3. The number of nitrogens with one attached hydrogen (secondary N) is 1. The second kappa shape index (κ2) is 19.3. The van der Waals surface area contributed by atoms with Crippen molar-refractivity contribution in [3.8, 4) is 11.5 Å². The summed E-state index contributed by atoms with van der Waals surface area (Å²) in [5.74, 6) is 1.45. The molecule has 1 amide bonds. The number of aliphatic hydroxyl groups excluding tert-OH is 1. The molecule has 0 saturated carbocycles. The molecule has 0 aromatic heterocycles. The van der Waals surface area contributed by atoms with Gasteiger partial charge in [0, 0.05) is 32.1 Å². The fraction of sp³-hybridized carbons (Fsp3) is 0.588. The molecule has 8 heteroatoms. The minimum absolute atomic E-state index is 0.0505. The van der Waals surface area contributed by atoms with Gasteiger partial charge in [-0.3, -0.25) is 9.59 Å². The minimum atomic E-state index is -0.823. The lowest BCUT2D eigenvalue weighted by atomic mass is 10.0. The van der Waals surface area contributed by atoms with E-state index in [1.807, 2.05) is 24.3 Å². The van der Waals surface area contributed by atoms with Crippen molar-refractivity contribution in [3.63, 3.8) is 0 Å². The van der Waals surface area contributed by atoms with Crippen molar-refractivity contribution in [2.45, 2.75) is 83.3 Å². The molecule has 0 radical (unpaired) electrons. The van der Waals surface area contributed by atoms with Crippen LogP contribution in [0.5, 0.6) is 11.5 Å². The highest BCUT2D eigenvalue weighted by molar-refractivity contribution is 5.96. The molecule has 1 heterocycles. The van der Waals surface area contributed by atoms with Crippen LogP contribution in [0.4, 0.5) is 0 Å². The molecule has 1 fully saturated rings. The number of carbonyl (C=O) groups is 2. The second-order valence-corrected chi connectivity index (χ2v) is 11.1. The number of amides is 1. The highest BCUT2D eigenvalue weighted by Gasteiger charge is 2.26. The van der Waals surface area contributed by atoms with Crippen LogP contribution in [0.15, 0.2) is 48.5 Å². The second-order valence-electron chi connectivity index (χ2n) is 11.1. The summed E-state index contributed by atoms with van der Waals surface area (Å²) in [6, 6.07) is 14.3. The lowest BCUT2D eigenvalue weighted by Gasteiger charge is -2.29. The number of aliphatic hydroxyl groups is 1. The predicted octanol–water partition coefficient (Wildman–Crippen LogP) is 5.73. The zero-order chi connectivity index (χ0) is 30.0. The number of methoxy groups -OCH3 is 1. The number of unbranched alkanes of at least 4 members (excludes halogenated alkanes) is 4. The number of hydrogen-bond acceptors (Lipinski definition) is 7. The fourth-order valence-corrected chi connectivity index (χ4v) is 5.15. The largest absolute Gasteiger partial charge is 0.494 e. The van der Waals surface area contributed by atoms with Crippen LogP contribution < -0.4 is 14.8 Å². The first-order valence-electron chi connectivity index (χ1n) is 15.7. The quantitative estimate of drug-likeness (QED) is 0.143. The summed E-state index contributed by atoms with van der Waals surface area (Å²) in [4.78, 5) is 27.8. The summed E-state index contributed by atoms with van der Waals surface area (Å²) in [7, 11) is 1.62. The molecule has 2 N–H and O–H groups in total. The average molecular weight is 583 g/mol. The topological polar surface area (TPSA) is 97.3 Å². The molecule has 2 aromatic carbocycles. The van der Waals surface area contributed by atoms with Gasteiger partial charge in [-0.1, -0.05) is 38.3 Å². The van der Waals surface area contributed by atoms with E-state index in [1.54, 1.807) is 31.4 Å². The number of ketones is 1. The van der Waals surface area contributed by atoms with Gasteiger partial charge in [0.1, 0.15) is 24.2 Å². The van der Waals surface area contributed by atoms with Crippen LogP contribution in [0.25, 0.3) is 0 Å². The van der Waals surface area contributed by atoms with Gasteiger partial charge in [0.2, 0.25) is 5.91 Å². The summed E-state index contributed by atoms with van der Waals surface area (Å²) in [5.41, 5.74) is 1.40. The maximum absolute atomic E-state index is 12.9. The van der Waals surface area contributed by atoms with Crippen LogP contribution in [0.2, 0.25) is 0 Å². The third-order valence-electron chi connectivity index (χ3n) is 7.66. The third kappa shape index (κ3) is 12.1. The first-order valence-corrected chi connectivity index (χ1v) is 15.7. The lowest BCUT2D eigenvalue weighted by Crippen LogP contribution is -2.46. The molecular weight excluding hydrogens is 532 g/mol. The molecule has 0 unspecified atom stereocenters. The number of rotatable bonds is 21. The molecule has 1 aliphatic heterocycles. The Morgan fingerprint density at radius 2 is 1.48 bits per heavy atom. The van der Waals surface area contributed by atoms with Crippen LogP contribution >= 0.6 is 0 Å². The summed E-state index contributed by atoms with van der Waals surface area (Å²) in [6.07, 6.45) is 7.99. The van der Waals surface area contributed by atoms with E-state index in [0.29, 0.717) is 63.4 Å². The van der Waals surface area contributed by atoms with Crippen molar-refractivity contribution in [3.05, 3.63) is 59.7 Å². The molecule has 2 atom stereocenters. The van der Waals surface area contributed by atoms with Gasteiger partial charge in [-0.15, -0.1) is 0 Å². The first kappa shape index (κ1) is 33.6. The Hall–Kier alpha value is -2.94. The maximum Gasteiger partial charge on any atom is 0.220 e. The van der Waals surface area contributed by atoms with Gasteiger partial charge in [0.05, 0.1) is 19.3 Å². The normalized spacial score (nSPS) is 14.8. The van der Waals surface area contributed by atoms with Gasteiger partial charge in [0.15, 0.2) is 5.78 Å². The Balaban J connectivity index is 1.45. The molecule has 42 heavy (non-hydrogen) atoms. The number of likely N-dealkylation sites (tertiary alicyclic amines) is 1. The molecule has 2 aromatic rings. The van der Waals surface area contributed by atoms with Crippen molar-refractivity contribution < 1.29 is 28.9 Å². The molecule has 8 nitrogen and oxygen atoms in total.